The maximum Gasteiger partial charge on any atom is 0.255 e. The summed E-state index contributed by atoms with van der Waals surface area (Å²) in [5, 5.41) is 2.49. The summed E-state index contributed by atoms with van der Waals surface area (Å²) in [6.45, 7) is 1.93. The van der Waals surface area contributed by atoms with Crippen molar-refractivity contribution in [3.63, 3.8) is 0 Å². The third-order valence-electron chi connectivity index (χ3n) is 2.55. The van der Waals surface area contributed by atoms with Crippen molar-refractivity contribution in [1.29, 1.82) is 0 Å². The lowest BCUT2D eigenvalue weighted by molar-refractivity contribution is 0.102. The lowest BCUT2D eigenvalue weighted by Gasteiger charge is -2.07. The van der Waals surface area contributed by atoms with Gasteiger partial charge in [-0.15, -0.1) is 0 Å². The molecule has 0 aromatic heterocycles. The standard InChI is InChI=1S/C14H13FN2O/c1-9-2-4-10(5-3-9)14(18)17-13-8-11(16)6-7-12(13)15/h2-8H,16H2,1H3,(H,17,18). The molecular formula is C14H13FN2O. The van der Waals surface area contributed by atoms with E-state index in [1.54, 1.807) is 12.1 Å². The normalized spacial score (nSPS) is 10.1. The molecule has 0 radical (unpaired) electrons. The summed E-state index contributed by atoms with van der Waals surface area (Å²) in [6, 6.07) is 11.1. The molecule has 2 aromatic carbocycles. The van der Waals surface area contributed by atoms with E-state index in [9.17, 15) is 9.18 Å². The van der Waals surface area contributed by atoms with Gasteiger partial charge in [-0.3, -0.25) is 4.79 Å². The number of benzene rings is 2. The molecule has 18 heavy (non-hydrogen) atoms. The van der Waals surface area contributed by atoms with Crippen molar-refractivity contribution in [2.75, 3.05) is 11.1 Å². The number of hydrogen-bond donors (Lipinski definition) is 2. The van der Waals surface area contributed by atoms with Gasteiger partial charge in [0, 0.05) is 11.3 Å². The fourth-order valence-electron chi connectivity index (χ4n) is 1.54. The Labute approximate surface area is 104 Å². The molecule has 0 spiro atoms. The van der Waals surface area contributed by atoms with E-state index in [1.165, 1.54) is 18.2 Å². The highest BCUT2D eigenvalue weighted by Crippen LogP contribution is 2.18. The third kappa shape index (κ3) is 2.66. The fourth-order valence-corrected chi connectivity index (χ4v) is 1.54. The third-order valence-corrected chi connectivity index (χ3v) is 2.55. The maximum absolute atomic E-state index is 13.4. The van der Waals surface area contributed by atoms with Crippen LogP contribution in [-0.2, 0) is 0 Å². The Hall–Kier alpha value is -2.36. The Balaban J connectivity index is 2.21. The summed E-state index contributed by atoms with van der Waals surface area (Å²) in [5.74, 6) is -0.871. The highest BCUT2D eigenvalue weighted by atomic mass is 19.1. The Kier molecular flexibility index (Phi) is 3.28. The molecule has 2 aromatic rings. The van der Waals surface area contributed by atoms with Crippen LogP contribution in [0.25, 0.3) is 0 Å². The molecule has 0 aliphatic carbocycles. The molecule has 4 heteroatoms. The number of hydrogen-bond acceptors (Lipinski definition) is 2. The molecule has 3 N–H and O–H groups in total. The van der Waals surface area contributed by atoms with E-state index >= 15 is 0 Å². The van der Waals surface area contributed by atoms with Gasteiger partial charge in [-0.2, -0.15) is 0 Å². The van der Waals surface area contributed by atoms with E-state index in [0.717, 1.165) is 5.56 Å². The van der Waals surface area contributed by atoms with Crippen LogP contribution in [0.1, 0.15) is 15.9 Å². The number of nitrogen functional groups attached to an aromatic ring is 1. The van der Waals surface area contributed by atoms with Gasteiger partial charge in [0.15, 0.2) is 0 Å². The summed E-state index contributed by atoms with van der Waals surface area (Å²) < 4.78 is 13.4. The smallest absolute Gasteiger partial charge is 0.255 e. The average molecular weight is 244 g/mol. The minimum absolute atomic E-state index is 0.0839. The van der Waals surface area contributed by atoms with Crippen LogP contribution in [0.15, 0.2) is 42.5 Å². The molecule has 3 nitrogen and oxygen atoms in total. The van der Waals surface area contributed by atoms with Gasteiger partial charge >= 0.3 is 0 Å². The first kappa shape index (κ1) is 12.1. The van der Waals surface area contributed by atoms with Crippen molar-refractivity contribution in [2.45, 2.75) is 6.92 Å². The molecule has 0 aliphatic heterocycles. The van der Waals surface area contributed by atoms with E-state index in [0.29, 0.717) is 11.3 Å². The van der Waals surface area contributed by atoms with Crippen molar-refractivity contribution in [2.24, 2.45) is 0 Å². The summed E-state index contributed by atoms with van der Waals surface area (Å²) in [5.41, 5.74) is 7.56. The van der Waals surface area contributed by atoms with Crippen LogP contribution >= 0.6 is 0 Å². The highest BCUT2D eigenvalue weighted by Gasteiger charge is 2.09. The van der Waals surface area contributed by atoms with Gasteiger partial charge in [-0.1, -0.05) is 17.7 Å². The zero-order valence-electron chi connectivity index (χ0n) is 9.91. The second-order valence-electron chi connectivity index (χ2n) is 4.06. The largest absolute Gasteiger partial charge is 0.399 e. The topological polar surface area (TPSA) is 55.1 Å². The Bertz CT molecular complexity index is 579. The van der Waals surface area contributed by atoms with Gasteiger partial charge in [0.1, 0.15) is 5.82 Å². The summed E-state index contributed by atoms with van der Waals surface area (Å²) in [6.07, 6.45) is 0. The van der Waals surface area contributed by atoms with Gasteiger partial charge in [0.2, 0.25) is 0 Å². The molecule has 0 aliphatic rings. The lowest BCUT2D eigenvalue weighted by atomic mass is 10.1. The average Bonchev–Trinajstić information content (AvgIpc) is 2.34. The first-order valence-corrected chi connectivity index (χ1v) is 5.49. The molecule has 0 heterocycles. The summed E-state index contributed by atoms with van der Waals surface area (Å²) in [4.78, 5) is 11.9. The van der Waals surface area contributed by atoms with Crippen LogP contribution in [-0.4, -0.2) is 5.91 Å². The zero-order chi connectivity index (χ0) is 13.1. The number of nitrogens with two attached hydrogens (primary N) is 1. The van der Waals surface area contributed by atoms with Crippen LogP contribution in [0, 0.1) is 12.7 Å². The fraction of sp³-hybridized carbons (Fsp3) is 0.0714. The van der Waals surface area contributed by atoms with Crippen molar-refractivity contribution in [3.8, 4) is 0 Å². The number of amides is 1. The van der Waals surface area contributed by atoms with Crippen LogP contribution in [0.4, 0.5) is 15.8 Å². The number of halogens is 1. The van der Waals surface area contributed by atoms with Crippen molar-refractivity contribution >= 4 is 17.3 Å². The van der Waals surface area contributed by atoms with E-state index in [-0.39, 0.29) is 11.6 Å². The van der Waals surface area contributed by atoms with Crippen LogP contribution < -0.4 is 11.1 Å². The first-order chi connectivity index (χ1) is 8.56. The molecule has 92 valence electrons. The van der Waals surface area contributed by atoms with E-state index in [4.69, 9.17) is 5.73 Å². The molecular weight excluding hydrogens is 231 g/mol. The Morgan fingerprint density at radius 2 is 1.83 bits per heavy atom. The van der Waals surface area contributed by atoms with E-state index in [2.05, 4.69) is 5.32 Å². The Morgan fingerprint density at radius 1 is 1.17 bits per heavy atom. The lowest BCUT2D eigenvalue weighted by Crippen LogP contribution is -2.13. The minimum atomic E-state index is -0.510. The minimum Gasteiger partial charge on any atom is -0.399 e. The molecule has 1 amide bonds. The second-order valence-corrected chi connectivity index (χ2v) is 4.06. The molecule has 0 saturated carbocycles. The Morgan fingerprint density at radius 3 is 2.50 bits per heavy atom. The van der Waals surface area contributed by atoms with Crippen molar-refractivity contribution < 1.29 is 9.18 Å². The van der Waals surface area contributed by atoms with Crippen LogP contribution in [0.2, 0.25) is 0 Å². The van der Waals surface area contributed by atoms with Gasteiger partial charge in [0.05, 0.1) is 5.69 Å². The second kappa shape index (κ2) is 4.87. The van der Waals surface area contributed by atoms with Gasteiger partial charge in [-0.05, 0) is 37.3 Å². The van der Waals surface area contributed by atoms with E-state index in [1.807, 2.05) is 19.1 Å². The zero-order valence-corrected chi connectivity index (χ0v) is 9.91. The SMILES string of the molecule is Cc1ccc(C(=O)Nc2cc(N)ccc2F)cc1. The van der Waals surface area contributed by atoms with Crippen molar-refractivity contribution in [3.05, 3.63) is 59.4 Å². The molecule has 2 rings (SSSR count). The summed E-state index contributed by atoms with van der Waals surface area (Å²) >= 11 is 0. The van der Waals surface area contributed by atoms with Gasteiger partial charge in [0.25, 0.3) is 5.91 Å². The quantitative estimate of drug-likeness (QED) is 0.798. The van der Waals surface area contributed by atoms with E-state index < -0.39 is 5.82 Å². The van der Waals surface area contributed by atoms with Crippen LogP contribution in [0.5, 0.6) is 0 Å². The van der Waals surface area contributed by atoms with Crippen molar-refractivity contribution in [1.82, 2.24) is 0 Å². The molecule has 0 atom stereocenters. The summed E-state index contributed by atoms with van der Waals surface area (Å²) in [7, 11) is 0. The maximum atomic E-state index is 13.4. The van der Waals surface area contributed by atoms with Crippen LogP contribution in [0.3, 0.4) is 0 Å². The number of carbonyl (C=O) groups excluding carboxylic acids is 1. The monoisotopic (exact) mass is 244 g/mol. The number of rotatable bonds is 2. The highest BCUT2D eigenvalue weighted by molar-refractivity contribution is 6.04. The molecule has 0 fully saturated rings. The van der Waals surface area contributed by atoms with Gasteiger partial charge < -0.3 is 11.1 Å². The predicted octanol–water partition coefficient (Wildman–Crippen LogP) is 2.97. The molecule has 0 saturated heterocycles. The number of aryl methyl sites for hydroxylation is 1. The van der Waals surface area contributed by atoms with Gasteiger partial charge in [-0.25, -0.2) is 4.39 Å². The number of nitrogens with one attached hydrogen (secondary N) is 1. The number of anilines is 2. The predicted molar refractivity (Wildman–Crippen MR) is 69.9 cm³/mol. The first-order valence-electron chi connectivity index (χ1n) is 5.49. The molecule has 0 unspecified atom stereocenters. The molecule has 0 bridgehead atoms. The number of carbonyl (C=O) groups is 1.